The zero-order valence-electron chi connectivity index (χ0n) is 8.27. The highest BCUT2D eigenvalue weighted by atomic mass is 19.4. The number of Topliss-reactive ketones (excluding diaryl/α,β-unsaturated/α-hetero) is 1. The monoisotopic (exact) mass is 227 g/mol. The van der Waals surface area contributed by atoms with Gasteiger partial charge in [-0.05, 0) is 12.8 Å². The lowest BCUT2D eigenvalue weighted by Gasteiger charge is -2.20. The van der Waals surface area contributed by atoms with Gasteiger partial charge in [0.05, 0.1) is 17.6 Å². The van der Waals surface area contributed by atoms with E-state index in [2.05, 4.69) is 0 Å². The van der Waals surface area contributed by atoms with Gasteiger partial charge in [0.25, 0.3) is 0 Å². The van der Waals surface area contributed by atoms with Crippen LogP contribution >= 0.6 is 0 Å². The van der Waals surface area contributed by atoms with Gasteiger partial charge in [0.15, 0.2) is 5.78 Å². The molecule has 0 saturated heterocycles. The number of allylic oxidation sites excluding steroid dienone is 4. The van der Waals surface area contributed by atoms with E-state index in [9.17, 15) is 18.0 Å². The second-order valence-electron chi connectivity index (χ2n) is 3.92. The number of rotatable bonds is 0. The first-order chi connectivity index (χ1) is 7.43. The van der Waals surface area contributed by atoms with Crippen molar-refractivity contribution < 1.29 is 18.0 Å². The number of hydrogen-bond acceptors (Lipinski definition) is 2. The summed E-state index contributed by atoms with van der Waals surface area (Å²) in [6, 6.07) is 1.81. The molecule has 0 bridgehead atoms. The number of nitrogens with zero attached hydrogens (tertiary/aromatic N) is 1. The molecular weight excluding hydrogens is 219 g/mol. The Morgan fingerprint density at radius 2 is 2.06 bits per heavy atom. The van der Waals surface area contributed by atoms with Crippen molar-refractivity contribution >= 4 is 5.78 Å². The zero-order valence-corrected chi connectivity index (χ0v) is 8.27. The Kier molecular flexibility index (Phi) is 2.38. The Hall–Kier alpha value is -1.57. The third-order valence-electron chi connectivity index (χ3n) is 2.86. The number of nitriles is 1. The van der Waals surface area contributed by atoms with Gasteiger partial charge in [-0.1, -0.05) is 11.6 Å². The number of alkyl halides is 3. The van der Waals surface area contributed by atoms with Crippen molar-refractivity contribution in [3.63, 3.8) is 0 Å². The molecule has 2 aliphatic carbocycles. The van der Waals surface area contributed by atoms with E-state index in [4.69, 9.17) is 5.26 Å². The van der Waals surface area contributed by atoms with Gasteiger partial charge in [-0.3, -0.25) is 4.79 Å². The highest BCUT2D eigenvalue weighted by Crippen LogP contribution is 2.43. The lowest BCUT2D eigenvalue weighted by atomic mass is 9.86. The largest absolute Gasteiger partial charge is 0.416 e. The quantitative estimate of drug-likeness (QED) is 0.638. The van der Waals surface area contributed by atoms with Gasteiger partial charge in [0.1, 0.15) is 0 Å². The van der Waals surface area contributed by atoms with E-state index in [0.29, 0.717) is 12.0 Å². The summed E-state index contributed by atoms with van der Waals surface area (Å²) in [5, 5.41) is 8.69. The molecule has 1 atom stereocenters. The van der Waals surface area contributed by atoms with Crippen molar-refractivity contribution in [1.29, 1.82) is 5.26 Å². The van der Waals surface area contributed by atoms with Crippen LogP contribution in [0, 0.1) is 17.2 Å². The van der Waals surface area contributed by atoms with E-state index in [1.54, 1.807) is 0 Å². The molecule has 2 aliphatic rings. The number of carbonyl (C=O) groups excluding carboxylic acids is 1. The Balaban J connectivity index is 2.49. The predicted octanol–water partition coefficient (Wildman–Crippen LogP) is 2.68. The van der Waals surface area contributed by atoms with Crippen molar-refractivity contribution in [2.75, 3.05) is 0 Å². The van der Waals surface area contributed by atoms with Crippen LogP contribution in [0.1, 0.15) is 19.3 Å². The van der Waals surface area contributed by atoms with E-state index in [1.807, 2.05) is 6.07 Å². The molecule has 0 N–H and O–H groups in total. The minimum atomic E-state index is -4.55. The first-order valence-electron chi connectivity index (χ1n) is 4.87. The van der Waals surface area contributed by atoms with Crippen LogP contribution in [0.4, 0.5) is 13.2 Å². The molecule has 0 spiro atoms. The average molecular weight is 227 g/mol. The van der Waals surface area contributed by atoms with E-state index >= 15 is 0 Å². The second-order valence-corrected chi connectivity index (χ2v) is 3.92. The van der Waals surface area contributed by atoms with Gasteiger partial charge in [-0.2, -0.15) is 18.4 Å². The molecule has 0 saturated carbocycles. The summed E-state index contributed by atoms with van der Waals surface area (Å²) < 4.78 is 38.1. The molecule has 0 aromatic rings. The summed E-state index contributed by atoms with van der Waals surface area (Å²) >= 11 is 0. The first-order valence-corrected chi connectivity index (χ1v) is 4.87. The molecule has 0 aromatic carbocycles. The van der Waals surface area contributed by atoms with E-state index in [-0.39, 0.29) is 18.4 Å². The van der Waals surface area contributed by atoms with Crippen LogP contribution in [0.15, 0.2) is 22.8 Å². The molecule has 2 rings (SSSR count). The minimum absolute atomic E-state index is 0.135. The molecule has 16 heavy (non-hydrogen) atoms. The summed E-state index contributed by atoms with van der Waals surface area (Å²) in [4.78, 5) is 11.4. The second kappa shape index (κ2) is 3.48. The molecule has 0 amide bonds. The van der Waals surface area contributed by atoms with Crippen molar-refractivity contribution in [2.45, 2.75) is 25.4 Å². The van der Waals surface area contributed by atoms with E-state index < -0.39 is 23.5 Å². The van der Waals surface area contributed by atoms with Gasteiger partial charge in [-0.25, -0.2) is 0 Å². The summed E-state index contributed by atoms with van der Waals surface area (Å²) in [5.74, 6) is -1.21. The van der Waals surface area contributed by atoms with Crippen LogP contribution in [0.25, 0.3) is 0 Å². The molecule has 84 valence electrons. The molecule has 0 fully saturated rings. The molecule has 0 heterocycles. The lowest BCUT2D eigenvalue weighted by molar-refractivity contribution is -0.117. The molecule has 0 radical (unpaired) electrons. The standard InChI is InChI=1S/C11H8F3NO/c12-11(13,14)8-4-6(5-15)3-7-1-2-9(16)10(7)8/h4,6H,1-3H2. The molecule has 2 nitrogen and oxygen atoms in total. The predicted molar refractivity (Wildman–Crippen MR) is 49.1 cm³/mol. The Labute approximate surface area is 90.0 Å². The smallest absolute Gasteiger partial charge is 0.294 e. The maximum Gasteiger partial charge on any atom is 0.416 e. The Morgan fingerprint density at radius 3 is 2.62 bits per heavy atom. The van der Waals surface area contributed by atoms with Gasteiger partial charge in [0.2, 0.25) is 0 Å². The van der Waals surface area contributed by atoms with Crippen molar-refractivity contribution in [2.24, 2.45) is 5.92 Å². The van der Waals surface area contributed by atoms with Crippen molar-refractivity contribution in [3.05, 3.63) is 22.8 Å². The molecule has 5 heteroatoms. The highest BCUT2D eigenvalue weighted by Gasteiger charge is 2.43. The fourth-order valence-corrected chi connectivity index (χ4v) is 2.18. The van der Waals surface area contributed by atoms with Crippen molar-refractivity contribution in [1.82, 2.24) is 0 Å². The SMILES string of the molecule is N#CC1C=C(C(F)(F)F)C2=C(CCC2=O)C1. The minimum Gasteiger partial charge on any atom is -0.294 e. The Bertz CT molecular complexity index is 451. The van der Waals surface area contributed by atoms with Gasteiger partial charge in [0, 0.05) is 12.0 Å². The maximum atomic E-state index is 12.7. The zero-order chi connectivity index (χ0) is 11.9. The van der Waals surface area contributed by atoms with Crippen LogP contribution in [-0.4, -0.2) is 12.0 Å². The van der Waals surface area contributed by atoms with Gasteiger partial charge < -0.3 is 0 Å². The van der Waals surface area contributed by atoms with Crippen LogP contribution in [-0.2, 0) is 4.79 Å². The number of hydrogen-bond donors (Lipinski definition) is 0. The fraction of sp³-hybridized carbons (Fsp3) is 0.455. The summed E-state index contributed by atoms with van der Waals surface area (Å²) in [5.41, 5.74) is -0.604. The van der Waals surface area contributed by atoms with Gasteiger partial charge >= 0.3 is 6.18 Å². The molecule has 0 aliphatic heterocycles. The molecule has 0 aromatic heterocycles. The highest BCUT2D eigenvalue weighted by molar-refractivity contribution is 6.03. The van der Waals surface area contributed by atoms with Crippen LogP contribution in [0.3, 0.4) is 0 Å². The van der Waals surface area contributed by atoms with Gasteiger partial charge in [-0.15, -0.1) is 0 Å². The van der Waals surface area contributed by atoms with Crippen LogP contribution in [0.5, 0.6) is 0 Å². The summed E-state index contributed by atoms with van der Waals surface area (Å²) in [7, 11) is 0. The van der Waals surface area contributed by atoms with Crippen LogP contribution in [0.2, 0.25) is 0 Å². The third-order valence-corrected chi connectivity index (χ3v) is 2.86. The topological polar surface area (TPSA) is 40.9 Å². The third kappa shape index (κ3) is 1.64. The normalized spacial score (nSPS) is 25.2. The fourth-order valence-electron chi connectivity index (χ4n) is 2.18. The average Bonchev–Trinajstić information content (AvgIpc) is 2.58. The summed E-state index contributed by atoms with van der Waals surface area (Å²) in [6.45, 7) is 0. The number of ketones is 1. The van der Waals surface area contributed by atoms with Crippen molar-refractivity contribution in [3.8, 4) is 6.07 Å². The van der Waals surface area contributed by atoms with Crippen LogP contribution < -0.4 is 0 Å². The Morgan fingerprint density at radius 1 is 1.38 bits per heavy atom. The molecular formula is C11H8F3NO. The lowest BCUT2D eigenvalue weighted by Crippen LogP contribution is -2.21. The summed E-state index contributed by atoms with van der Waals surface area (Å²) in [6.07, 6.45) is -2.91. The van der Waals surface area contributed by atoms with E-state index in [1.165, 1.54) is 0 Å². The number of halogens is 3. The number of carbonyl (C=O) groups is 1. The first kappa shape index (κ1) is 10.9. The molecule has 1 unspecified atom stereocenters. The maximum absolute atomic E-state index is 12.7. The van der Waals surface area contributed by atoms with E-state index in [0.717, 1.165) is 6.08 Å².